The van der Waals surface area contributed by atoms with Crippen LogP contribution < -0.4 is 4.57 Å². The molecule has 5 heteroatoms. The lowest BCUT2D eigenvalue weighted by atomic mass is 10.2. The van der Waals surface area contributed by atoms with E-state index in [1.54, 1.807) is 41.2 Å². The van der Waals surface area contributed by atoms with Crippen molar-refractivity contribution < 1.29 is 17.5 Å². The van der Waals surface area contributed by atoms with Gasteiger partial charge in [-0.1, -0.05) is 12.1 Å². The third-order valence-corrected chi connectivity index (χ3v) is 3.29. The molecule has 88 valence electrons. The first-order valence-electron chi connectivity index (χ1n) is 5.03. The Kier molecular flexibility index (Phi) is 2.95. The fourth-order valence-corrected chi connectivity index (χ4v) is 2.28. The Morgan fingerprint density at radius 1 is 1.12 bits per heavy atom. The van der Waals surface area contributed by atoms with E-state index < -0.39 is 10.1 Å². The molecule has 0 unspecified atom stereocenters. The summed E-state index contributed by atoms with van der Waals surface area (Å²) in [4.78, 5) is -0.0979. The lowest BCUT2D eigenvalue weighted by Gasteiger charge is -2.02. The van der Waals surface area contributed by atoms with E-state index in [1.807, 2.05) is 13.0 Å². The third-order valence-electron chi connectivity index (χ3n) is 2.39. The van der Waals surface area contributed by atoms with Crippen molar-refractivity contribution in [2.45, 2.75) is 11.8 Å². The minimum absolute atomic E-state index is 0.0979. The van der Waals surface area contributed by atoms with Gasteiger partial charge in [0, 0.05) is 18.2 Å². The molecule has 0 aliphatic rings. The van der Waals surface area contributed by atoms with Gasteiger partial charge in [-0.05, 0) is 18.6 Å². The average molecular weight is 250 g/mol. The van der Waals surface area contributed by atoms with Crippen LogP contribution in [0.15, 0.2) is 53.7 Å². The molecule has 0 saturated carbocycles. The number of aromatic nitrogens is 1. The van der Waals surface area contributed by atoms with Gasteiger partial charge >= 0.3 is 10.1 Å². The number of hydrogen-bond acceptors (Lipinski definition) is 2. The second-order valence-corrected chi connectivity index (χ2v) is 5.12. The fraction of sp³-hybridized carbons (Fsp3) is 0.0833. The molecule has 1 N–H and O–H groups in total. The van der Waals surface area contributed by atoms with Crippen molar-refractivity contribution >= 4 is 10.1 Å². The molecule has 1 aromatic heterocycles. The molecule has 0 saturated heterocycles. The molecular formula is C12H12NO3S+. The monoisotopic (exact) mass is 250 g/mol. The van der Waals surface area contributed by atoms with Crippen molar-refractivity contribution in [3.8, 4) is 5.69 Å². The topological polar surface area (TPSA) is 58.3 Å². The zero-order chi connectivity index (χ0) is 12.5. The molecule has 0 atom stereocenters. The van der Waals surface area contributed by atoms with Gasteiger partial charge in [-0.15, -0.1) is 0 Å². The van der Waals surface area contributed by atoms with Crippen LogP contribution in [0.25, 0.3) is 5.69 Å². The second-order valence-electron chi connectivity index (χ2n) is 3.73. The van der Waals surface area contributed by atoms with Crippen LogP contribution in [-0.4, -0.2) is 13.0 Å². The Balaban J connectivity index is 2.72. The van der Waals surface area contributed by atoms with Crippen LogP contribution in [0.4, 0.5) is 0 Å². The van der Waals surface area contributed by atoms with Gasteiger partial charge in [0.1, 0.15) is 0 Å². The summed E-state index contributed by atoms with van der Waals surface area (Å²) in [7, 11) is -4.22. The number of pyridine rings is 1. The number of hydrogen-bond donors (Lipinski definition) is 1. The molecule has 0 aliphatic carbocycles. The number of nitrogens with zero attached hydrogens (tertiary/aromatic N) is 1. The van der Waals surface area contributed by atoms with Gasteiger partial charge in [-0.25, -0.2) is 0 Å². The molecule has 1 heterocycles. The van der Waals surface area contributed by atoms with E-state index in [0.717, 1.165) is 5.56 Å². The molecule has 0 amide bonds. The van der Waals surface area contributed by atoms with Crippen LogP contribution in [0.3, 0.4) is 0 Å². The minimum Gasteiger partial charge on any atom is -0.282 e. The summed E-state index contributed by atoms with van der Waals surface area (Å²) < 4.78 is 33.4. The lowest BCUT2D eigenvalue weighted by molar-refractivity contribution is -0.598. The molecular weight excluding hydrogens is 238 g/mol. The number of benzene rings is 1. The van der Waals surface area contributed by atoms with Crippen LogP contribution in [0.1, 0.15) is 5.56 Å². The zero-order valence-corrected chi connectivity index (χ0v) is 10.1. The summed E-state index contributed by atoms with van der Waals surface area (Å²) in [5, 5.41) is 0. The Hall–Kier alpha value is -1.72. The third kappa shape index (κ3) is 2.51. The van der Waals surface area contributed by atoms with Gasteiger partial charge in [-0.2, -0.15) is 13.0 Å². The van der Waals surface area contributed by atoms with E-state index in [2.05, 4.69) is 0 Å². The molecule has 0 aliphatic heterocycles. The summed E-state index contributed by atoms with van der Waals surface area (Å²) >= 11 is 0. The Morgan fingerprint density at radius 2 is 1.76 bits per heavy atom. The zero-order valence-electron chi connectivity index (χ0n) is 9.24. The van der Waals surface area contributed by atoms with E-state index in [-0.39, 0.29) is 4.90 Å². The first kappa shape index (κ1) is 11.8. The predicted octanol–water partition coefficient (Wildman–Crippen LogP) is 1.52. The van der Waals surface area contributed by atoms with Crippen LogP contribution in [0.5, 0.6) is 0 Å². The molecule has 0 fully saturated rings. The van der Waals surface area contributed by atoms with E-state index in [9.17, 15) is 13.0 Å². The molecule has 0 spiro atoms. The fourth-order valence-electron chi connectivity index (χ4n) is 1.61. The Bertz CT molecular complexity index is 636. The smallest absolute Gasteiger partial charge is 0.282 e. The average Bonchev–Trinajstić information content (AvgIpc) is 2.28. The van der Waals surface area contributed by atoms with Crippen molar-refractivity contribution in [2.24, 2.45) is 0 Å². The second kappa shape index (κ2) is 4.27. The van der Waals surface area contributed by atoms with Crippen LogP contribution in [0.2, 0.25) is 0 Å². The first-order valence-corrected chi connectivity index (χ1v) is 6.47. The van der Waals surface area contributed by atoms with Crippen molar-refractivity contribution in [3.63, 3.8) is 0 Å². The highest BCUT2D eigenvalue weighted by atomic mass is 32.2. The molecule has 17 heavy (non-hydrogen) atoms. The molecule has 0 radical (unpaired) electrons. The molecule has 0 bridgehead atoms. The molecule has 2 rings (SSSR count). The molecule has 4 nitrogen and oxygen atoms in total. The van der Waals surface area contributed by atoms with Crippen LogP contribution in [-0.2, 0) is 10.1 Å². The van der Waals surface area contributed by atoms with Gasteiger partial charge in [0.15, 0.2) is 17.3 Å². The maximum Gasteiger partial charge on any atom is 0.301 e. The molecule has 1 aromatic carbocycles. The summed E-state index contributed by atoms with van der Waals surface area (Å²) in [5.41, 5.74) is 1.36. The van der Waals surface area contributed by atoms with Crippen molar-refractivity contribution in [2.75, 3.05) is 0 Å². The first-order chi connectivity index (χ1) is 7.98. The normalized spacial score (nSPS) is 11.4. The van der Waals surface area contributed by atoms with E-state index in [4.69, 9.17) is 0 Å². The summed E-state index contributed by atoms with van der Waals surface area (Å²) in [6, 6.07) is 10.2. The Morgan fingerprint density at radius 3 is 2.35 bits per heavy atom. The number of rotatable bonds is 2. The van der Waals surface area contributed by atoms with Gasteiger partial charge in [-0.3, -0.25) is 4.55 Å². The highest BCUT2D eigenvalue weighted by Gasteiger charge is 2.21. The summed E-state index contributed by atoms with van der Waals surface area (Å²) in [5.74, 6) is 0. The Labute approximate surface area is 99.9 Å². The van der Waals surface area contributed by atoms with Crippen LogP contribution in [0, 0.1) is 6.92 Å². The largest absolute Gasteiger partial charge is 0.301 e. The SMILES string of the molecule is Cc1ccc(S(=O)(=O)O)c(-[n+]2ccccc2)c1. The van der Waals surface area contributed by atoms with Crippen molar-refractivity contribution in [1.82, 2.24) is 0 Å². The molecule has 2 aromatic rings. The summed E-state index contributed by atoms with van der Waals surface area (Å²) in [6.07, 6.45) is 3.45. The maximum absolute atomic E-state index is 11.3. The summed E-state index contributed by atoms with van der Waals surface area (Å²) in [6.45, 7) is 1.86. The highest BCUT2D eigenvalue weighted by molar-refractivity contribution is 7.86. The van der Waals surface area contributed by atoms with Crippen LogP contribution >= 0.6 is 0 Å². The van der Waals surface area contributed by atoms with Crippen molar-refractivity contribution in [3.05, 3.63) is 54.4 Å². The standard InChI is InChI=1S/C12H11NO3S/c1-10-5-6-12(17(14,15)16)11(9-10)13-7-3-2-4-8-13/h2-9H,1H3/p+1. The predicted molar refractivity (Wildman–Crippen MR) is 62.5 cm³/mol. The van der Waals surface area contributed by atoms with Gasteiger partial charge in [0.05, 0.1) is 0 Å². The maximum atomic E-state index is 11.3. The van der Waals surface area contributed by atoms with E-state index >= 15 is 0 Å². The van der Waals surface area contributed by atoms with Gasteiger partial charge in [0.2, 0.25) is 5.69 Å². The van der Waals surface area contributed by atoms with E-state index in [1.165, 1.54) is 6.07 Å². The number of aryl methyl sites for hydroxylation is 1. The highest BCUT2D eigenvalue weighted by Crippen LogP contribution is 2.16. The minimum atomic E-state index is -4.22. The van der Waals surface area contributed by atoms with E-state index in [0.29, 0.717) is 5.69 Å². The van der Waals surface area contributed by atoms with Crippen molar-refractivity contribution in [1.29, 1.82) is 0 Å². The van der Waals surface area contributed by atoms with Gasteiger partial charge < -0.3 is 0 Å². The van der Waals surface area contributed by atoms with Gasteiger partial charge in [0.25, 0.3) is 0 Å². The lowest BCUT2D eigenvalue weighted by Crippen LogP contribution is -2.31. The quantitative estimate of drug-likeness (QED) is 0.649.